The molecule has 0 spiro atoms. The van der Waals surface area contributed by atoms with Crippen LogP contribution in [0.1, 0.15) is 36.8 Å². The molecule has 4 nitrogen and oxygen atoms in total. The molecule has 0 atom stereocenters. The van der Waals surface area contributed by atoms with Gasteiger partial charge in [0.15, 0.2) is 0 Å². The average molecular weight is 246 g/mol. The topological polar surface area (TPSA) is 52.6 Å². The van der Waals surface area contributed by atoms with E-state index in [2.05, 4.69) is 0 Å². The molecule has 0 aromatic heterocycles. The summed E-state index contributed by atoms with van der Waals surface area (Å²) in [6.07, 6.45) is 4.01. The highest BCUT2D eigenvalue weighted by Gasteiger charge is 2.21. The smallest absolute Gasteiger partial charge is 0.311 e. The van der Waals surface area contributed by atoms with E-state index in [1.807, 2.05) is 12.1 Å². The van der Waals surface area contributed by atoms with Gasteiger partial charge in [-0.25, -0.2) is 0 Å². The van der Waals surface area contributed by atoms with E-state index in [1.165, 1.54) is 0 Å². The van der Waals surface area contributed by atoms with Crippen LogP contribution in [0.3, 0.4) is 0 Å². The van der Waals surface area contributed by atoms with Crippen LogP contribution in [0.15, 0.2) is 12.1 Å². The van der Waals surface area contributed by atoms with Crippen molar-refractivity contribution in [3.05, 3.63) is 23.3 Å². The van der Waals surface area contributed by atoms with Gasteiger partial charge in [0.05, 0.1) is 0 Å². The largest absolute Gasteiger partial charge is 0.426 e. The zero-order chi connectivity index (χ0) is 12.5. The maximum Gasteiger partial charge on any atom is 0.311 e. The van der Waals surface area contributed by atoms with E-state index in [1.54, 1.807) is 0 Å². The van der Waals surface area contributed by atoms with Crippen LogP contribution in [0.25, 0.3) is 0 Å². The average Bonchev–Trinajstić information content (AvgIpc) is 2.60. The van der Waals surface area contributed by atoms with Gasteiger partial charge in [-0.2, -0.15) is 0 Å². The number of rotatable bonds is 0. The van der Waals surface area contributed by atoms with Crippen molar-refractivity contribution in [3.8, 4) is 11.5 Å². The summed E-state index contributed by atoms with van der Waals surface area (Å²) in [7, 11) is 0. The zero-order valence-electron chi connectivity index (χ0n) is 10.0. The molecule has 3 rings (SSSR count). The summed E-state index contributed by atoms with van der Waals surface area (Å²) in [6, 6.07) is 3.71. The summed E-state index contributed by atoms with van der Waals surface area (Å²) in [5, 5.41) is 0. The number of ether oxygens (including phenoxy) is 2. The molecule has 0 fully saturated rings. The van der Waals surface area contributed by atoms with Crippen molar-refractivity contribution >= 4 is 11.9 Å². The second kappa shape index (κ2) is 4.44. The highest BCUT2D eigenvalue weighted by Crippen LogP contribution is 2.34. The van der Waals surface area contributed by atoms with E-state index in [9.17, 15) is 9.59 Å². The molecule has 1 aromatic carbocycles. The molecule has 4 heteroatoms. The van der Waals surface area contributed by atoms with Crippen LogP contribution in [0.2, 0.25) is 0 Å². The lowest BCUT2D eigenvalue weighted by atomic mass is 10.0. The van der Waals surface area contributed by atoms with Gasteiger partial charge in [0.1, 0.15) is 11.5 Å². The maximum absolute atomic E-state index is 11.4. The van der Waals surface area contributed by atoms with Gasteiger partial charge >= 0.3 is 11.9 Å². The van der Waals surface area contributed by atoms with Crippen LogP contribution >= 0.6 is 0 Å². The lowest BCUT2D eigenvalue weighted by Crippen LogP contribution is -2.07. The lowest BCUT2D eigenvalue weighted by molar-refractivity contribution is -0.135. The Morgan fingerprint density at radius 1 is 0.722 bits per heavy atom. The van der Waals surface area contributed by atoms with Crippen molar-refractivity contribution in [2.75, 3.05) is 0 Å². The van der Waals surface area contributed by atoms with Crippen molar-refractivity contribution in [2.24, 2.45) is 0 Å². The van der Waals surface area contributed by atoms with Crippen LogP contribution in [0.4, 0.5) is 0 Å². The first kappa shape index (κ1) is 11.3. The third kappa shape index (κ3) is 2.10. The van der Waals surface area contributed by atoms with Crippen LogP contribution in [-0.4, -0.2) is 11.9 Å². The molecule has 18 heavy (non-hydrogen) atoms. The van der Waals surface area contributed by atoms with Crippen molar-refractivity contribution < 1.29 is 19.1 Å². The first-order valence-corrected chi connectivity index (χ1v) is 6.29. The van der Waals surface area contributed by atoms with Crippen LogP contribution in [-0.2, 0) is 22.4 Å². The van der Waals surface area contributed by atoms with Gasteiger partial charge in [-0.05, 0) is 48.9 Å². The van der Waals surface area contributed by atoms with Gasteiger partial charge in [0, 0.05) is 12.8 Å². The Kier molecular flexibility index (Phi) is 2.78. The van der Waals surface area contributed by atoms with Gasteiger partial charge in [-0.15, -0.1) is 0 Å². The van der Waals surface area contributed by atoms with Gasteiger partial charge in [0.25, 0.3) is 0 Å². The Balaban J connectivity index is 2.03. The maximum atomic E-state index is 11.4. The summed E-state index contributed by atoms with van der Waals surface area (Å²) < 4.78 is 10.6. The quantitative estimate of drug-likeness (QED) is 0.520. The number of esters is 2. The second-order valence-corrected chi connectivity index (χ2v) is 4.72. The minimum Gasteiger partial charge on any atom is -0.426 e. The predicted molar refractivity (Wildman–Crippen MR) is 63.6 cm³/mol. The fourth-order valence-corrected chi connectivity index (χ4v) is 2.42. The summed E-state index contributed by atoms with van der Waals surface area (Å²) in [6.45, 7) is 0. The molecule has 0 radical (unpaired) electrons. The van der Waals surface area contributed by atoms with Gasteiger partial charge in [0.2, 0.25) is 0 Å². The molecule has 1 aromatic rings. The highest BCUT2D eigenvalue weighted by molar-refractivity contribution is 5.76. The van der Waals surface area contributed by atoms with Crippen LogP contribution < -0.4 is 9.47 Å². The van der Waals surface area contributed by atoms with E-state index in [4.69, 9.17) is 9.47 Å². The Hall–Kier alpha value is -1.84. The molecule has 2 aliphatic rings. The molecule has 0 bridgehead atoms. The number of aryl methyl sites for hydroxylation is 2. The number of benzene rings is 1. The summed E-state index contributed by atoms with van der Waals surface area (Å²) in [5.41, 5.74) is 1.91. The molecular weight excluding hydrogens is 232 g/mol. The molecular formula is C14H14O4. The number of carbonyl (C=O) groups excluding carboxylic acids is 2. The molecule has 0 N–H and O–H groups in total. The fraction of sp³-hybridized carbons (Fsp3) is 0.429. The number of hydrogen-bond acceptors (Lipinski definition) is 4. The lowest BCUT2D eigenvalue weighted by Gasteiger charge is -2.11. The number of fused-ring (bicyclic) bond motifs is 2. The molecule has 0 saturated heterocycles. The monoisotopic (exact) mass is 246 g/mol. The van der Waals surface area contributed by atoms with Crippen molar-refractivity contribution in [1.29, 1.82) is 0 Å². The molecule has 0 amide bonds. The Labute approximate surface area is 105 Å². The van der Waals surface area contributed by atoms with Crippen LogP contribution in [0.5, 0.6) is 11.5 Å². The van der Waals surface area contributed by atoms with E-state index < -0.39 is 0 Å². The van der Waals surface area contributed by atoms with Crippen molar-refractivity contribution in [2.45, 2.75) is 38.5 Å². The Morgan fingerprint density at radius 3 is 1.61 bits per heavy atom. The minimum atomic E-state index is -0.181. The Morgan fingerprint density at radius 2 is 1.17 bits per heavy atom. The van der Waals surface area contributed by atoms with Crippen LogP contribution in [0, 0.1) is 0 Å². The molecule has 94 valence electrons. The molecule has 0 saturated carbocycles. The van der Waals surface area contributed by atoms with Gasteiger partial charge < -0.3 is 9.47 Å². The number of hydrogen-bond donors (Lipinski definition) is 0. The third-order valence-electron chi connectivity index (χ3n) is 3.35. The summed E-state index contributed by atoms with van der Waals surface area (Å²) in [5.74, 6) is 0.905. The molecule has 0 unspecified atom stereocenters. The van der Waals surface area contributed by atoms with E-state index in [0.717, 1.165) is 36.8 Å². The standard InChI is InChI=1S/C14H14O4/c15-13-5-1-3-9-7-12-10(8-11(9)17-13)4-2-6-14(16)18-12/h7-8H,1-6H2. The molecule has 0 aliphatic carbocycles. The highest BCUT2D eigenvalue weighted by atomic mass is 16.5. The van der Waals surface area contributed by atoms with Crippen molar-refractivity contribution in [3.63, 3.8) is 0 Å². The zero-order valence-corrected chi connectivity index (χ0v) is 10.0. The predicted octanol–water partition coefficient (Wildman–Crippen LogP) is 2.17. The minimum absolute atomic E-state index is 0.181. The van der Waals surface area contributed by atoms with Gasteiger partial charge in [-0.3, -0.25) is 9.59 Å². The SMILES string of the molecule is O=C1CCCc2cc3c(cc2O1)CCCC(=O)O3. The van der Waals surface area contributed by atoms with E-state index in [0.29, 0.717) is 24.3 Å². The van der Waals surface area contributed by atoms with E-state index in [-0.39, 0.29) is 11.9 Å². The first-order chi connectivity index (χ1) is 8.72. The Bertz CT molecular complexity index is 471. The molecule has 2 heterocycles. The molecule has 2 aliphatic heterocycles. The second-order valence-electron chi connectivity index (χ2n) is 4.72. The first-order valence-electron chi connectivity index (χ1n) is 6.29. The summed E-state index contributed by atoms with van der Waals surface area (Å²) in [4.78, 5) is 22.9. The van der Waals surface area contributed by atoms with Gasteiger partial charge in [-0.1, -0.05) is 0 Å². The number of carbonyl (C=O) groups is 2. The van der Waals surface area contributed by atoms with E-state index >= 15 is 0 Å². The third-order valence-corrected chi connectivity index (χ3v) is 3.35. The fourth-order valence-electron chi connectivity index (χ4n) is 2.42. The normalized spacial score (nSPS) is 18.9. The van der Waals surface area contributed by atoms with Crippen molar-refractivity contribution in [1.82, 2.24) is 0 Å². The summed E-state index contributed by atoms with van der Waals surface area (Å²) >= 11 is 0.